The van der Waals surface area contributed by atoms with Gasteiger partial charge in [0.25, 0.3) is 0 Å². The zero-order valence-electron chi connectivity index (χ0n) is 15.4. The Morgan fingerprint density at radius 1 is 1.04 bits per heavy atom. The molecule has 3 rings (SSSR count). The minimum absolute atomic E-state index is 0.00731. The van der Waals surface area contributed by atoms with Crippen molar-refractivity contribution in [3.8, 4) is 0 Å². The van der Waals surface area contributed by atoms with Gasteiger partial charge in [0.1, 0.15) is 0 Å². The van der Waals surface area contributed by atoms with E-state index in [9.17, 15) is 4.79 Å². The molecule has 2 atom stereocenters. The number of likely N-dealkylation sites (tertiary alicyclic amines) is 1. The second-order valence-electron chi connectivity index (χ2n) is 7.48. The summed E-state index contributed by atoms with van der Waals surface area (Å²) in [5.74, 6) is 1.15. The predicted molar refractivity (Wildman–Crippen MR) is 103 cm³/mol. The van der Waals surface area contributed by atoms with Crippen LogP contribution in [0.1, 0.15) is 26.2 Å². The zero-order chi connectivity index (χ0) is 17.5. The van der Waals surface area contributed by atoms with E-state index >= 15 is 0 Å². The summed E-state index contributed by atoms with van der Waals surface area (Å²) in [4.78, 5) is 17.0. The molecule has 2 aliphatic rings. The topological polar surface area (TPSA) is 47.6 Å². The van der Waals surface area contributed by atoms with Crippen molar-refractivity contribution in [2.24, 2.45) is 11.8 Å². The molecule has 0 radical (unpaired) electrons. The molecule has 0 aromatic heterocycles. The van der Waals surface area contributed by atoms with Gasteiger partial charge >= 0.3 is 6.03 Å². The number of hydrogen-bond donors (Lipinski definition) is 2. The molecule has 138 valence electrons. The number of nitrogens with one attached hydrogen (secondary N) is 2. The molecule has 2 aliphatic heterocycles. The van der Waals surface area contributed by atoms with E-state index in [4.69, 9.17) is 0 Å². The van der Waals surface area contributed by atoms with Crippen molar-refractivity contribution in [3.05, 3.63) is 30.3 Å². The van der Waals surface area contributed by atoms with Crippen LogP contribution in [0.25, 0.3) is 0 Å². The molecule has 5 heteroatoms. The first kappa shape index (κ1) is 18.1. The van der Waals surface area contributed by atoms with E-state index < -0.39 is 0 Å². The minimum atomic E-state index is -0.00731. The summed E-state index contributed by atoms with van der Waals surface area (Å²) in [5.41, 5.74) is 1.28. The standard InChI is InChI=1S/C20H32N4O/c1-2-10-23-11-8-17(15-23)13-21-20(25)22-14-18-9-12-24(16-18)19-6-4-3-5-7-19/h3-7,17-18H,2,8-16H2,1H3,(H2,21,22,25). The average Bonchev–Trinajstić information content (AvgIpc) is 3.29. The monoisotopic (exact) mass is 344 g/mol. The van der Waals surface area contributed by atoms with Gasteiger partial charge in [-0.25, -0.2) is 4.79 Å². The van der Waals surface area contributed by atoms with Gasteiger partial charge in [0.15, 0.2) is 0 Å². The number of anilines is 1. The smallest absolute Gasteiger partial charge is 0.314 e. The molecular weight excluding hydrogens is 312 g/mol. The first-order chi connectivity index (χ1) is 12.2. The minimum Gasteiger partial charge on any atom is -0.371 e. The van der Waals surface area contributed by atoms with Gasteiger partial charge in [-0.05, 0) is 56.3 Å². The van der Waals surface area contributed by atoms with Crippen LogP contribution < -0.4 is 15.5 Å². The lowest BCUT2D eigenvalue weighted by molar-refractivity contribution is 0.237. The number of benzene rings is 1. The van der Waals surface area contributed by atoms with Crippen LogP contribution in [0.15, 0.2) is 30.3 Å². The Balaban J connectivity index is 1.31. The van der Waals surface area contributed by atoms with Gasteiger partial charge in [0, 0.05) is 38.4 Å². The third-order valence-electron chi connectivity index (χ3n) is 5.42. The molecular formula is C20H32N4O. The van der Waals surface area contributed by atoms with E-state index in [0.29, 0.717) is 11.8 Å². The fraction of sp³-hybridized carbons (Fsp3) is 0.650. The Hall–Kier alpha value is -1.75. The van der Waals surface area contributed by atoms with Crippen LogP contribution in [0.5, 0.6) is 0 Å². The summed E-state index contributed by atoms with van der Waals surface area (Å²) < 4.78 is 0. The summed E-state index contributed by atoms with van der Waals surface area (Å²) in [5, 5.41) is 6.13. The van der Waals surface area contributed by atoms with Crippen molar-refractivity contribution in [2.45, 2.75) is 26.2 Å². The van der Waals surface area contributed by atoms with Gasteiger partial charge in [-0.1, -0.05) is 25.1 Å². The fourth-order valence-electron chi connectivity index (χ4n) is 4.01. The van der Waals surface area contributed by atoms with Gasteiger partial charge in [-0.15, -0.1) is 0 Å². The van der Waals surface area contributed by atoms with E-state index in [0.717, 1.165) is 39.1 Å². The normalized spacial score (nSPS) is 23.8. The third kappa shape index (κ3) is 5.36. The highest BCUT2D eigenvalue weighted by Crippen LogP contribution is 2.22. The maximum absolute atomic E-state index is 12.1. The highest BCUT2D eigenvalue weighted by atomic mass is 16.2. The first-order valence-electron chi connectivity index (χ1n) is 9.78. The number of hydrogen-bond acceptors (Lipinski definition) is 3. The van der Waals surface area contributed by atoms with Crippen molar-refractivity contribution in [2.75, 3.05) is 50.7 Å². The molecule has 5 nitrogen and oxygen atoms in total. The van der Waals surface area contributed by atoms with Gasteiger partial charge in [0.05, 0.1) is 0 Å². The molecule has 1 aromatic carbocycles. The second-order valence-corrected chi connectivity index (χ2v) is 7.48. The number of para-hydroxylation sites is 1. The zero-order valence-corrected chi connectivity index (χ0v) is 15.4. The molecule has 2 unspecified atom stereocenters. The van der Waals surface area contributed by atoms with E-state index in [2.05, 4.69) is 57.7 Å². The lowest BCUT2D eigenvalue weighted by Crippen LogP contribution is -2.41. The molecule has 2 heterocycles. The Morgan fingerprint density at radius 2 is 1.72 bits per heavy atom. The van der Waals surface area contributed by atoms with Crippen LogP contribution in [-0.4, -0.2) is 56.7 Å². The summed E-state index contributed by atoms with van der Waals surface area (Å²) >= 11 is 0. The molecule has 0 saturated carbocycles. The third-order valence-corrected chi connectivity index (χ3v) is 5.42. The lowest BCUT2D eigenvalue weighted by Gasteiger charge is -2.19. The molecule has 2 N–H and O–H groups in total. The highest BCUT2D eigenvalue weighted by molar-refractivity contribution is 5.73. The first-order valence-corrected chi connectivity index (χ1v) is 9.78. The fourth-order valence-corrected chi connectivity index (χ4v) is 4.01. The maximum Gasteiger partial charge on any atom is 0.314 e. The van der Waals surface area contributed by atoms with Crippen LogP contribution in [0.4, 0.5) is 10.5 Å². The Bertz CT molecular complexity index is 536. The lowest BCUT2D eigenvalue weighted by atomic mass is 10.1. The van der Waals surface area contributed by atoms with Crippen LogP contribution in [-0.2, 0) is 0 Å². The Kier molecular flexibility index (Phi) is 6.56. The van der Waals surface area contributed by atoms with Crippen molar-refractivity contribution in [1.29, 1.82) is 0 Å². The average molecular weight is 345 g/mol. The second kappa shape index (κ2) is 9.09. The number of amides is 2. The molecule has 0 bridgehead atoms. The van der Waals surface area contributed by atoms with E-state index in [1.54, 1.807) is 0 Å². The van der Waals surface area contributed by atoms with Crippen LogP contribution in [0, 0.1) is 11.8 Å². The van der Waals surface area contributed by atoms with Crippen molar-refractivity contribution in [3.63, 3.8) is 0 Å². The van der Waals surface area contributed by atoms with Gasteiger partial charge in [-0.2, -0.15) is 0 Å². The predicted octanol–water partition coefficient (Wildman–Crippen LogP) is 2.54. The summed E-state index contributed by atoms with van der Waals surface area (Å²) in [7, 11) is 0. The van der Waals surface area contributed by atoms with Crippen molar-refractivity contribution < 1.29 is 4.79 Å². The van der Waals surface area contributed by atoms with Crippen molar-refractivity contribution >= 4 is 11.7 Å². The van der Waals surface area contributed by atoms with Crippen LogP contribution in [0.2, 0.25) is 0 Å². The van der Waals surface area contributed by atoms with E-state index in [1.165, 1.54) is 31.6 Å². The van der Waals surface area contributed by atoms with Crippen LogP contribution in [0.3, 0.4) is 0 Å². The molecule has 1 aromatic rings. The summed E-state index contributed by atoms with van der Waals surface area (Å²) in [6.07, 6.45) is 3.56. The van der Waals surface area contributed by atoms with Crippen molar-refractivity contribution in [1.82, 2.24) is 15.5 Å². The number of urea groups is 1. The molecule has 25 heavy (non-hydrogen) atoms. The van der Waals surface area contributed by atoms with Gasteiger partial charge < -0.3 is 20.4 Å². The Labute approximate surface area is 151 Å². The molecule has 2 amide bonds. The SMILES string of the molecule is CCCN1CCC(CNC(=O)NCC2CCN(c3ccccc3)C2)C1. The quantitative estimate of drug-likeness (QED) is 0.799. The Morgan fingerprint density at radius 3 is 2.44 bits per heavy atom. The number of nitrogens with zero attached hydrogens (tertiary/aromatic N) is 2. The number of carbonyl (C=O) groups excluding carboxylic acids is 1. The number of rotatable bonds is 7. The largest absolute Gasteiger partial charge is 0.371 e. The van der Waals surface area contributed by atoms with Gasteiger partial charge in [0.2, 0.25) is 0 Å². The van der Waals surface area contributed by atoms with E-state index in [1.807, 2.05) is 0 Å². The molecule has 0 aliphatic carbocycles. The van der Waals surface area contributed by atoms with E-state index in [-0.39, 0.29) is 6.03 Å². The summed E-state index contributed by atoms with van der Waals surface area (Å²) in [6.45, 7) is 9.38. The summed E-state index contributed by atoms with van der Waals surface area (Å²) in [6, 6.07) is 10.5. The molecule has 0 spiro atoms. The maximum atomic E-state index is 12.1. The van der Waals surface area contributed by atoms with Crippen LogP contribution >= 0.6 is 0 Å². The molecule has 2 saturated heterocycles. The number of carbonyl (C=O) groups is 1. The highest BCUT2D eigenvalue weighted by Gasteiger charge is 2.24. The van der Waals surface area contributed by atoms with Gasteiger partial charge in [-0.3, -0.25) is 0 Å². The molecule has 2 fully saturated rings.